The predicted octanol–water partition coefficient (Wildman–Crippen LogP) is 1.31. The lowest BCUT2D eigenvalue weighted by Gasteiger charge is -2.18. The first-order chi connectivity index (χ1) is 8.20. The molecule has 0 radical (unpaired) electrons. The average molecular weight is 235 g/mol. The molecule has 2 atom stereocenters. The Hall–Kier alpha value is -1.13. The molecule has 0 bridgehead atoms. The summed E-state index contributed by atoms with van der Waals surface area (Å²) in [7, 11) is 0. The number of aliphatic hydroxyl groups excluding tert-OH is 1. The van der Waals surface area contributed by atoms with E-state index in [1.807, 2.05) is 19.2 Å². The molecule has 94 valence electrons. The Labute approximate surface area is 102 Å². The minimum Gasteiger partial charge on any atom is -0.396 e. The third-order valence-electron chi connectivity index (χ3n) is 3.43. The Balaban J connectivity index is 1.99. The minimum absolute atomic E-state index is 0.00948. The van der Waals surface area contributed by atoms with Crippen LogP contribution in [0.2, 0.25) is 0 Å². The van der Waals surface area contributed by atoms with Crippen molar-refractivity contribution < 1.29 is 5.11 Å². The first-order valence-electron chi connectivity index (χ1n) is 6.28. The number of pyridine rings is 1. The SMILES string of the molecule is C[C@@H](N)c1ccc(N2CCC(CCO)C2)cn1. The molecule has 0 aromatic carbocycles. The van der Waals surface area contributed by atoms with Gasteiger partial charge in [-0.05, 0) is 37.8 Å². The van der Waals surface area contributed by atoms with E-state index in [0.717, 1.165) is 37.3 Å². The minimum atomic E-state index is -0.00948. The standard InChI is InChI=1S/C13H21N3O/c1-10(14)13-3-2-12(8-15-13)16-6-4-11(9-16)5-7-17/h2-3,8,10-11,17H,4-7,9,14H2,1H3/t10-,11?/m1/s1. The highest BCUT2D eigenvalue weighted by molar-refractivity contribution is 5.45. The van der Waals surface area contributed by atoms with Crippen molar-refractivity contribution in [3.05, 3.63) is 24.0 Å². The molecule has 17 heavy (non-hydrogen) atoms. The highest BCUT2D eigenvalue weighted by atomic mass is 16.3. The molecule has 0 saturated carbocycles. The van der Waals surface area contributed by atoms with E-state index in [0.29, 0.717) is 12.5 Å². The molecular formula is C13H21N3O. The normalized spacial score (nSPS) is 21.8. The topological polar surface area (TPSA) is 62.4 Å². The number of aliphatic hydroxyl groups is 1. The van der Waals surface area contributed by atoms with Crippen LogP contribution in [-0.2, 0) is 0 Å². The molecule has 0 spiro atoms. The van der Waals surface area contributed by atoms with Crippen molar-refractivity contribution in [2.75, 3.05) is 24.6 Å². The predicted molar refractivity (Wildman–Crippen MR) is 68.9 cm³/mol. The van der Waals surface area contributed by atoms with E-state index in [4.69, 9.17) is 10.8 Å². The summed E-state index contributed by atoms with van der Waals surface area (Å²) in [6, 6.07) is 4.08. The van der Waals surface area contributed by atoms with E-state index in [9.17, 15) is 0 Å². The molecule has 1 fully saturated rings. The molecule has 1 aliphatic rings. The van der Waals surface area contributed by atoms with E-state index >= 15 is 0 Å². The molecular weight excluding hydrogens is 214 g/mol. The van der Waals surface area contributed by atoms with Crippen LogP contribution in [0.15, 0.2) is 18.3 Å². The maximum absolute atomic E-state index is 8.94. The third-order valence-corrected chi connectivity index (χ3v) is 3.43. The van der Waals surface area contributed by atoms with Gasteiger partial charge in [0.15, 0.2) is 0 Å². The van der Waals surface area contributed by atoms with Crippen LogP contribution < -0.4 is 10.6 Å². The molecule has 4 heteroatoms. The maximum atomic E-state index is 8.94. The summed E-state index contributed by atoms with van der Waals surface area (Å²) in [5, 5.41) is 8.94. The fourth-order valence-electron chi connectivity index (χ4n) is 2.34. The summed E-state index contributed by atoms with van der Waals surface area (Å²) < 4.78 is 0. The summed E-state index contributed by atoms with van der Waals surface area (Å²) in [5.74, 6) is 0.619. The van der Waals surface area contributed by atoms with Gasteiger partial charge in [-0.3, -0.25) is 4.98 Å². The van der Waals surface area contributed by atoms with Gasteiger partial charge in [0.2, 0.25) is 0 Å². The van der Waals surface area contributed by atoms with Gasteiger partial charge in [-0.15, -0.1) is 0 Å². The van der Waals surface area contributed by atoms with Gasteiger partial charge in [-0.1, -0.05) is 0 Å². The molecule has 1 saturated heterocycles. The van der Waals surface area contributed by atoms with Gasteiger partial charge in [-0.2, -0.15) is 0 Å². The van der Waals surface area contributed by atoms with Gasteiger partial charge in [0.25, 0.3) is 0 Å². The second kappa shape index (κ2) is 5.47. The summed E-state index contributed by atoms with van der Waals surface area (Å²) >= 11 is 0. The van der Waals surface area contributed by atoms with Crippen molar-refractivity contribution in [1.82, 2.24) is 4.98 Å². The molecule has 1 unspecified atom stereocenters. The van der Waals surface area contributed by atoms with Crippen LogP contribution in [0.5, 0.6) is 0 Å². The number of aromatic nitrogens is 1. The van der Waals surface area contributed by atoms with Crippen LogP contribution in [0.4, 0.5) is 5.69 Å². The van der Waals surface area contributed by atoms with Crippen molar-refractivity contribution in [3.63, 3.8) is 0 Å². The fourth-order valence-corrected chi connectivity index (χ4v) is 2.34. The van der Waals surface area contributed by atoms with Gasteiger partial charge in [0, 0.05) is 25.7 Å². The molecule has 1 aliphatic heterocycles. The summed E-state index contributed by atoms with van der Waals surface area (Å²) in [4.78, 5) is 6.71. The highest BCUT2D eigenvalue weighted by Crippen LogP contribution is 2.25. The summed E-state index contributed by atoms with van der Waals surface area (Å²) in [5.41, 5.74) is 7.87. The number of hydrogen-bond acceptors (Lipinski definition) is 4. The second-order valence-corrected chi connectivity index (χ2v) is 4.84. The van der Waals surface area contributed by atoms with E-state index in [2.05, 4.69) is 16.0 Å². The maximum Gasteiger partial charge on any atom is 0.0569 e. The number of rotatable bonds is 4. The van der Waals surface area contributed by atoms with Crippen LogP contribution in [0.1, 0.15) is 31.5 Å². The van der Waals surface area contributed by atoms with E-state index in [1.54, 1.807) is 0 Å². The molecule has 2 heterocycles. The zero-order chi connectivity index (χ0) is 12.3. The first-order valence-corrected chi connectivity index (χ1v) is 6.28. The molecule has 0 aliphatic carbocycles. The molecule has 1 aromatic rings. The number of nitrogens with zero attached hydrogens (tertiary/aromatic N) is 2. The lowest BCUT2D eigenvalue weighted by Crippen LogP contribution is -2.20. The smallest absolute Gasteiger partial charge is 0.0569 e. The largest absolute Gasteiger partial charge is 0.396 e. The number of nitrogens with two attached hydrogens (primary N) is 1. The van der Waals surface area contributed by atoms with Crippen molar-refractivity contribution in [1.29, 1.82) is 0 Å². The van der Waals surface area contributed by atoms with Crippen molar-refractivity contribution in [2.45, 2.75) is 25.8 Å². The second-order valence-electron chi connectivity index (χ2n) is 4.84. The van der Waals surface area contributed by atoms with Crippen molar-refractivity contribution >= 4 is 5.69 Å². The molecule has 4 nitrogen and oxygen atoms in total. The van der Waals surface area contributed by atoms with E-state index in [-0.39, 0.29) is 6.04 Å². The fraction of sp³-hybridized carbons (Fsp3) is 0.615. The van der Waals surface area contributed by atoms with Crippen LogP contribution in [0.3, 0.4) is 0 Å². The molecule has 3 N–H and O–H groups in total. The Morgan fingerprint density at radius 1 is 1.59 bits per heavy atom. The summed E-state index contributed by atoms with van der Waals surface area (Å²) in [6.45, 7) is 4.32. The quantitative estimate of drug-likeness (QED) is 0.826. The third kappa shape index (κ3) is 2.96. The van der Waals surface area contributed by atoms with Crippen LogP contribution in [0, 0.1) is 5.92 Å². The van der Waals surface area contributed by atoms with Gasteiger partial charge < -0.3 is 15.7 Å². The first kappa shape index (κ1) is 12.3. The number of anilines is 1. The van der Waals surface area contributed by atoms with Gasteiger partial charge in [-0.25, -0.2) is 0 Å². The highest BCUT2D eigenvalue weighted by Gasteiger charge is 2.22. The zero-order valence-corrected chi connectivity index (χ0v) is 10.3. The summed E-state index contributed by atoms with van der Waals surface area (Å²) in [6.07, 6.45) is 3.97. The van der Waals surface area contributed by atoms with Crippen LogP contribution in [-0.4, -0.2) is 29.8 Å². The van der Waals surface area contributed by atoms with Crippen molar-refractivity contribution in [2.24, 2.45) is 11.7 Å². The Morgan fingerprint density at radius 2 is 2.41 bits per heavy atom. The molecule has 1 aromatic heterocycles. The van der Waals surface area contributed by atoms with Gasteiger partial charge in [0.1, 0.15) is 0 Å². The molecule has 2 rings (SSSR count). The monoisotopic (exact) mass is 235 g/mol. The van der Waals surface area contributed by atoms with E-state index < -0.39 is 0 Å². The van der Waals surface area contributed by atoms with Crippen LogP contribution >= 0.6 is 0 Å². The lowest BCUT2D eigenvalue weighted by atomic mass is 10.1. The Bertz CT molecular complexity index is 350. The number of hydrogen-bond donors (Lipinski definition) is 2. The van der Waals surface area contributed by atoms with Crippen molar-refractivity contribution in [3.8, 4) is 0 Å². The van der Waals surface area contributed by atoms with Gasteiger partial charge in [0.05, 0.1) is 17.6 Å². The Kier molecular flexibility index (Phi) is 3.97. The van der Waals surface area contributed by atoms with Crippen LogP contribution in [0.25, 0.3) is 0 Å². The Morgan fingerprint density at radius 3 is 3.00 bits per heavy atom. The zero-order valence-electron chi connectivity index (χ0n) is 10.3. The lowest BCUT2D eigenvalue weighted by molar-refractivity contribution is 0.263. The average Bonchev–Trinajstić information content (AvgIpc) is 2.78. The van der Waals surface area contributed by atoms with Gasteiger partial charge >= 0.3 is 0 Å². The van der Waals surface area contributed by atoms with E-state index in [1.165, 1.54) is 0 Å². The molecule has 0 amide bonds.